The number of aldehydes is 1. The lowest BCUT2D eigenvalue weighted by molar-refractivity contribution is 0.112. The maximum absolute atomic E-state index is 10.4. The second-order valence-corrected chi connectivity index (χ2v) is 3.10. The van der Waals surface area contributed by atoms with Gasteiger partial charge in [0.25, 0.3) is 0 Å². The second kappa shape index (κ2) is 4.11. The number of phenolic OH excluding ortho intramolecular Hbond substituents is 1. The molecule has 0 amide bonds. The molecular weight excluding hydrogens is 182 g/mol. The number of aliphatic hydroxyl groups excluding tert-OH is 1. The van der Waals surface area contributed by atoms with Crippen LogP contribution >= 0.6 is 0 Å². The molecule has 0 heterocycles. The molecule has 0 aliphatic carbocycles. The number of hydrogen-bond acceptors (Lipinski definition) is 4. The van der Waals surface area contributed by atoms with E-state index in [1.807, 2.05) is 0 Å². The predicted octanol–water partition coefficient (Wildman–Crippen LogP) is 0.979. The van der Waals surface area contributed by atoms with Crippen LogP contribution in [-0.2, 0) is 0 Å². The Bertz CT molecular complexity index is 336. The third-order valence-corrected chi connectivity index (χ3v) is 2.11. The molecule has 1 rings (SSSR count). The van der Waals surface area contributed by atoms with Crippen LogP contribution in [0.4, 0.5) is 5.69 Å². The van der Waals surface area contributed by atoms with E-state index in [2.05, 4.69) is 0 Å². The minimum Gasteiger partial charge on any atom is -0.507 e. The molecule has 0 fully saturated rings. The van der Waals surface area contributed by atoms with Gasteiger partial charge in [0.15, 0.2) is 6.29 Å². The minimum atomic E-state index is -0.642. The van der Waals surface area contributed by atoms with Crippen LogP contribution in [0.5, 0.6) is 5.75 Å². The highest BCUT2D eigenvalue weighted by atomic mass is 16.3. The number of nitrogens with zero attached hydrogens (tertiary/aromatic N) is 1. The van der Waals surface area contributed by atoms with Crippen molar-refractivity contribution >= 4 is 12.0 Å². The molecule has 4 nitrogen and oxygen atoms in total. The van der Waals surface area contributed by atoms with E-state index in [9.17, 15) is 15.0 Å². The Labute approximate surface area is 82.4 Å². The zero-order valence-electron chi connectivity index (χ0n) is 8.14. The van der Waals surface area contributed by atoms with E-state index in [0.717, 1.165) is 0 Å². The number of carbonyl (C=O) groups excluding carboxylic acids is 1. The zero-order valence-corrected chi connectivity index (χ0v) is 8.14. The molecular formula is C10H13NO3. The molecule has 14 heavy (non-hydrogen) atoms. The van der Waals surface area contributed by atoms with Gasteiger partial charge >= 0.3 is 0 Å². The summed E-state index contributed by atoms with van der Waals surface area (Å²) in [4.78, 5) is 12.0. The van der Waals surface area contributed by atoms with Gasteiger partial charge < -0.3 is 15.1 Å². The van der Waals surface area contributed by atoms with E-state index >= 15 is 0 Å². The van der Waals surface area contributed by atoms with E-state index in [1.54, 1.807) is 24.9 Å². The Balaban J connectivity index is 3.02. The van der Waals surface area contributed by atoms with Gasteiger partial charge in [-0.2, -0.15) is 0 Å². The monoisotopic (exact) mass is 195 g/mol. The fraction of sp³-hybridized carbons (Fsp3) is 0.300. The normalized spacial score (nSPS) is 12.2. The van der Waals surface area contributed by atoms with Crippen molar-refractivity contribution in [3.8, 4) is 5.75 Å². The Hall–Kier alpha value is -1.55. The first-order chi connectivity index (χ1) is 6.56. The lowest BCUT2D eigenvalue weighted by atomic mass is 10.2. The fourth-order valence-corrected chi connectivity index (χ4v) is 1.07. The average molecular weight is 195 g/mol. The molecule has 1 aromatic rings. The molecule has 0 aliphatic heterocycles. The lowest BCUT2D eigenvalue weighted by Crippen LogP contribution is -2.27. The zero-order chi connectivity index (χ0) is 10.7. The van der Waals surface area contributed by atoms with E-state index in [0.29, 0.717) is 12.0 Å². The number of benzene rings is 1. The summed E-state index contributed by atoms with van der Waals surface area (Å²) in [5, 5.41) is 18.6. The summed E-state index contributed by atoms with van der Waals surface area (Å²) >= 11 is 0. The summed E-state index contributed by atoms with van der Waals surface area (Å²) in [6.07, 6.45) is -0.0573. The summed E-state index contributed by atoms with van der Waals surface area (Å²) in [6, 6.07) is 4.61. The van der Waals surface area contributed by atoms with Crippen LogP contribution in [0, 0.1) is 0 Å². The van der Waals surface area contributed by atoms with Crippen LogP contribution in [-0.4, -0.2) is 29.8 Å². The summed E-state index contributed by atoms with van der Waals surface area (Å²) in [5.41, 5.74) is 0.899. The number of rotatable bonds is 3. The molecule has 0 saturated heterocycles. The van der Waals surface area contributed by atoms with Crippen molar-refractivity contribution in [1.29, 1.82) is 0 Å². The smallest absolute Gasteiger partial charge is 0.153 e. The summed E-state index contributed by atoms with van der Waals surface area (Å²) < 4.78 is 0. The molecule has 0 spiro atoms. The molecule has 2 N–H and O–H groups in total. The Morgan fingerprint density at radius 3 is 2.57 bits per heavy atom. The first-order valence-corrected chi connectivity index (χ1v) is 4.25. The van der Waals surface area contributed by atoms with Gasteiger partial charge in [-0.25, -0.2) is 0 Å². The van der Waals surface area contributed by atoms with Gasteiger partial charge in [0.1, 0.15) is 12.0 Å². The average Bonchev–Trinajstić information content (AvgIpc) is 2.16. The third kappa shape index (κ3) is 2.03. The summed E-state index contributed by atoms with van der Waals surface area (Å²) in [5.74, 6) is -0.0787. The standard InChI is InChI=1S/C10H13NO3/c1-7(13)11(2)9-4-3-8(6-12)10(14)5-9/h3-7,13-14H,1-2H3. The molecule has 4 heteroatoms. The Morgan fingerprint density at radius 1 is 1.50 bits per heavy atom. The fourth-order valence-electron chi connectivity index (χ4n) is 1.07. The number of carbonyl (C=O) groups is 1. The predicted molar refractivity (Wildman–Crippen MR) is 53.6 cm³/mol. The van der Waals surface area contributed by atoms with Crippen molar-refractivity contribution in [2.45, 2.75) is 13.2 Å². The van der Waals surface area contributed by atoms with Gasteiger partial charge in [0, 0.05) is 18.8 Å². The Morgan fingerprint density at radius 2 is 2.14 bits per heavy atom. The first kappa shape index (κ1) is 10.5. The first-order valence-electron chi connectivity index (χ1n) is 4.25. The molecule has 0 radical (unpaired) electrons. The molecule has 1 unspecified atom stereocenters. The van der Waals surface area contributed by atoms with Crippen molar-refractivity contribution in [3.05, 3.63) is 23.8 Å². The number of anilines is 1. The highest BCUT2D eigenvalue weighted by Crippen LogP contribution is 2.23. The number of hydrogen-bond donors (Lipinski definition) is 2. The molecule has 1 aromatic carbocycles. The highest BCUT2D eigenvalue weighted by Gasteiger charge is 2.08. The molecule has 0 aromatic heterocycles. The van der Waals surface area contributed by atoms with Crippen LogP contribution in [0.15, 0.2) is 18.2 Å². The van der Waals surface area contributed by atoms with Crippen molar-refractivity contribution in [1.82, 2.24) is 0 Å². The molecule has 1 atom stereocenters. The van der Waals surface area contributed by atoms with E-state index in [-0.39, 0.29) is 11.3 Å². The van der Waals surface area contributed by atoms with Crippen LogP contribution in [0.2, 0.25) is 0 Å². The SMILES string of the molecule is CC(O)N(C)c1ccc(C=O)c(O)c1. The van der Waals surface area contributed by atoms with Gasteiger partial charge in [-0.1, -0.05) is 0 Å². The van der Waals surface area contributed by atoms with E-state index < -0.39 is 6.23 Å². The van der Waals surface area contributed by atoms with Crippen molar-refractivity contribution < 1.29 is 15.0 Å². The van der Waals surface area contributed by atoms with Gasteiger partial charge in [-0.3, -0.25) is 4.79 Å². The van der Waals surface area contributed by atoms with Gasteiger partial charge in [0.05, 0.1) is 5.56 Å². The van der Waals surface area contributed by atoms with E-state index in [4.69, 9.17) is 0 Å². The van der Waals surface area contributed by atoms with Crippen LogP contribution < -0.4 is 4.90 Å². The molecule has 0 bridgehead atoms. The van der Waals surface area contributed by atoms with Crippen LogP contribution in [0.3, 0.4) is 0 Å². The summed E-state index contributed by atoms with van der Waals surface area (Å²) in [7, 11) is 1.69. The second-order valence-electron chi connectivity index (χ2n) is 3.10. The topological polar surface area (TPSA) is 60.8 Å². The molecule has 0 saturated carbocycles. The van der Waals surface area contributed by atoms with Crippen molar-refractivity contribution in [2.75, 3.05) is 11.9 Å². The number of phenols is 1. The van der Waals surface area contributed by atoms with Crippen LogP contribution in [0.1, 0.15) is 17.3 Å². The van der Waals surface area contributed by atoms with E-state index in [1.165, 1.54) is 12.1 Å². The van der Waals surface area contributed by atoms with Gasteiger partial charge in [-0.05, 0) is 19.1 Å². The highest BCUT2D eigenvalue weighted by molar-refractivity contribution is 5.80. The van der Waals surface area contributed by atoms with Gasteiger partial charge in [0.2, 0.25) is 0 Å². The lowest BCUT2D eigenvalue weighted by Gasteiger charge is -2.22. The van der Waals surface area contributed by atoms with Crippen LogP contribution in [0.25, 0.3) is 0 Å². The minimum absolute atomic E-state index is 0.0787. The largest absolute Gasteiger partial charge is 0.507 e. The number of aromatic hydroxyl groups is 1. The Kier molecular flexibility index (Phi) is 3.09. The quantitative estimate of drug-likeness (QED) is 0.557. The maximum atomic E-state index is 10.4. The molecule has 76 valence electrons. The molecule has 0 aliphatic rings. The third-order valence-electron chi connectivity index (χ3n) is 2.11. The number of aliphatic hydroxyl groups is 1. The summed E-state index contributed by atoms with van der Waals surface area (Å²) in [6.45, 7) is 1.62. The maximum Gasteiger partial charge on any atom is 0.153 e. The van der Waals surface area contributed by atoms with Crippen molar-refractivity contribution in [3.63, 3.8) is 0 Å². The van der Waals surface area contributed by atoms with Crippen molar-refractivity contribution in [2.24, 2.45) is 0 Å². The van der Waals surface area contributed by atoms with Gasteiger partial charge in [-0.15, -0.1) is 0 Å².